The molecule has 166 valence electrons. The smallest absolute Gasteiger partial charge is 0.257 e. The third-order valence-electron chi connectivity index (χ3n) is 7.18. The summed E-state index contributed by atoms with van der Waals surface area (Å²) in [6.07, 6.45) is 9.97. The molecule has 1 amide bonds. The van der Waals surface area contributed by atoms with Crippen molar-refractivity contribution in [3.8, 4) is 5.75 Å². The van der Waals surface area contributed by atoms with Crippen molar-refractivity contribution in [1.82, 2.24) is 9.21 Å². The summed E-state index contributed by atoms with van der Waals surface area (Å²) in [5.41, 5.74) is 0.364. The van der Waals surface area contributed by atoms with Gasteiger partial charge in [-0.1, -0.05) is 32.1 Å². The largest absolute Gasteiger partial charge is 0.496 e. The lowest BCUT2D eigenvalue weighted by Crippen LogP contribution is -2.44. The van der Waals surface area contributed by atoms with Gasteiger partial charge in [-0.25, -0.2) is 8.42 Å². The number of hydrogen-bond donors (Lipinski definition) is 0. The van der Waals surface area contributed by atoms with Crippen molar-refractivity contribution in [1.29, 1.82) is 0 Å². The van der Waals surface area contributed by atoms with E-state index in [4.69, 9.17) is 4.74 Å². The van der Waals surface area contributed by atoms with Crippen molar-refractivity contribution < 1.29 is 17.9 Å². The molecule has 0 radical (unpaired) electrons. The van der Waals surface area contributed by atoms with Crippen LogP contribution in [0.4, 0.5) is 0 Å². The average Bonchev–Trinajstić information content (AvgIpc) is 3.08. The average molecular weight is 435 g/mol. The van der Waals surface area contributed by atoms with Crippen molar-refractivity contribution in [3.63, 3.8) is 0 Å². The molecule has 3 fully saturated rings. The minimum atomic E-state index is -3.61. The van der Waals surface area contributed by atoms with Gasteiger partial charge in [-0.2, -0.15) is 4.31 Å². The number of carbonyl (C=O) groups is 1. The van der Waals surface area contributed by atoms with Crippen LogP contribution in [-0.2, 0) is 10.0 Å². The number of hydrogen-bond acceptors (Lipinski definition) is 4. The van der Waals surface area contributed by atoms with Crippen LogP contribution in [0.25, 0.3) is 0 Å². The Morgan fingerprint density at radius 3 is 2.33 bits per heavy atom. The molecule has 2 aliphatic heterocycles. The second-order valence-corrected chi connectivity index (χ2v) is 11.0. The van der Waals surface area contributed by atoms with Gasteiger partial charge in [0.1, 0.15) is 5.75 Å². The van der Waals surface area contributed by atoms with Gasteiger partial charge in [-0.05, 0) is 55.7 Å². The number of benzene rings is 1. The number of amides is 1. The molecule has 2 heterocycles. The number of fused-ring (bicyclic) bond motifs is 1. The van der Waals surface area contributed by atoms with E-state index in [9.17, 15) is 13.2 Å². The molecule has 4 rings (SSSR count). The summed E-state index contributed by atoms with van der Waals surface area (Å²) in [4.78, 5) is 15.5. The van der Waals surface area contributed by atoms with Gasteiger partial charge in [0.25, 0.3) is 5.91 Å². The van der Waals surface area contributed by atoms with Crippen molar-refractivity contribution >= 4 is 15.9 Å². The zero-order valence-electron chi connectivity index (χ0n) is 18.0. The lowest BCUT2D eigenvalue weighted by molar-refractivity contribution is 0.0518. The predicted octanol–water partition coefficient (Wildman–Crippen LogP) is 3.91. The molecule has 2 saturated heterocycles. The highest BCUT2D eigenvalue weighted by Crippen LogP contribution is 2.37. The van der Waals surface area contributed by atoms with Crippen LogP contribution in [0, 0.1) is 11.8 Å². The number of rotatable bonds is 4. The van der Waals surface area contributed by atoms with E-state index in [-0.39, 0.29) is 10.8 Å². The number of likely N-dealkylation sites (tertiary alicyclic amines) is 1. The van der Waals surface area contributed by atoms with E-state index in [1.54, 1.807) is 16.4 Å². The summed E-state index contributed by atoms with van der Waals surface area (Å²) < 4.78 is 33.5. The third kappa shape index (κ3) is 4.37. The van der Waals surface area contributed by atoms with Crippen molar-refractivity contribution in [2.75, 3.05) is 33.3 Å². The first-order chi connectivity index (χ1) is 14.5. The molecule has 7 heteroatoms. The summed E-state index contributed by atoms with van der Waals surface area (Å²) in [7, 11) is -2.08. The number of piperidine rings is 1. The molecular weight excluding hydrogens is 400 g/mol. The van der Waals surface area contributed by atoms with E-state index in [1.807, 2.05) is 4.90 Å². The Morgan fingerprint density at radius 2 is 1.63 bits per heavy atom. The molecule has 1 aliphatic carbocycles. The van der Waals surface area contributed by atoms with Crippen LogP contribution >= 0.6 is 0 Å². The van der Waals surface area contributed by atoms with Crippen LogP contribution in [0.3, 0.4) is 0 Å². The zero-order valence-corrected chi connectivity index (χ0v) is 18.8. The first-order valence-corrected chi connectivity index (χ1v) is 12.9. The highest BCUT2D eigenvalue weighted by Gasteiger charge is 2.34. The molecule has 0 unspecified atom stereocenters. The fourth-order valence-electron chi connectivity index (χ4n) is 5.40. The summed E-state index contributed by atoms with van der Waals surface area (Å²) in [6, 6.07) is 4.74. The van der Waals surface area contributed by atoms with Crippen molar-refractivity contribution in [2.45, 2.75) is 62.7 Å². The Bertz CT molecular complexity index is 862. The molecule has 0 bridgehead atoms. The zero-order chi connectivity index (χ0) is 21.1. The molecule has 0 aromatic heterocycles. The molecule has 0 spiro atoms. The van der Waals surface area contributed by atoms with E-state index >= 15 is 0 Å². The van der Waals surface area contributed by atoms with Crippen LogP contribution in [0.5, 0.6) is 5.75 Å². The van der Waals surface area contributed by atoms with Crippen LogP contribution in [0.2, 0.25) is 0 Å². The van der Waals surface area contributed by atoms with E-state index in [0.717, 1.165) is 51.1 Å². The second kappa shape index (κ2) is 9.27. The Hall–Kier alpha value is -1.60. The molecule has 30 heavy (non-hydrogen) atoms. The van der Waals surface area contributed by atoms with E-state index in [1.165, 1.54) is 38.9 Å². The van der Waals surface area contributed by atoms with Crippen molar-refractivity contribution in [3.05, 3.63) is 23.8 Å². The maximum absolute atomic E-state index is 13.4. The molecule has 1 aromatic rings. The number of sulfonamides is 1. The standard InChI is InChI=1S/C23H34N2O4S/c1-29-22-11-10-20(30(27,28)25-13-6-2-3-7-14-25)16-21(22)23(26)24-15-12-18-8-4-5-9-19(18)17-24/h10-11,16,18-19H,2-9,12-15,17H2,1H3/t18-,19-/m0/s1. The lowest BCUT2D eigenvalue weighted by atomic mass is 9.75. The molecule has 2 atom stereocenters. The van der Waals surface area contributed by atoms with E-state index in [0.29, 0.717) is 30.3 Å². The van der Waals surface area contributed by atoms with E-state index in [2.05, 4.69) is 0 Å². The minimum absolute atomic E-state index is 0.108. The molecule has 0 N–H and O–H groups in total. The second-order valence-electron chi connectivity index (χ2n) is 9.02. The summed E-state index contributed by atoms with van der Waals surface area (Å²) in [6.45, 7) is 2.61. The van der Waals surface area contributed by atoms with Gasteiger partial charge < -0.3 is 9.64 Å². The summed E-state index contributed by atoms with van der Waals surface area (Å²) >= 11 is 0. The number of ether oxygens (including phenoxy) is 1. The van der Waals surface area contributed by atoms with Crippen LogP contribution in [0.15, 0.2) is 23.1 Å². The summed E-state index contributed by atoms with van der Waals surface area (Å²) in [5.74, 6) is 1.65. The molecular formula is C23H34N2O4S. The number of carbonyl (C=O) groups excluding carboxylic acids is 1. The maximum atomic E-state index is 13.4. The van der Waals surface area contributed by atoms with Gasteiger partial charge in [-0.15, -0.1) is 0 Å². The molecule has 6 nitrogen and oxygen atoms in total. The normalized spacial score (nSPS) is 26.0. The maximum Gasteiger partial charge on any atom is 0.257 e. The molecule has 1 saturated carbocycles. The van der Waals surface area contributed by atoms with Gasteiger partial charge >= 0.3 is 0 Å². The molecule has 3 aliphatic rings. The van der Waals surface area contributed by atoms with E-state index < -0.39 is 10.0 Å². The monoisotopic (exact) mass is 434 g/mol. The Labute approximate surface area is 180 Å². The predicted molar refractivity (Wildman–Crippen MR) is 116 cm³/mol. The number of methoxy groups -OCH3 is 1. The van der Waals surface area contributed by atoms with Crippen LogP contribution in [0.1, 0.15) is 68.1 Å². The van der Waals surface area contributed by atoms with Crippen LogP contribution < -0.4 is 4.74 Å². The minimum Gasteiger partial charge on any atom is -0.496 e. The highest BCUT2D eigenvalue weighted by atomic mass is 32.2. The third-order valence-corrected chi connectivity index (χ3v) is 9.08. The van der Waals surface area contributed by atoms with Gasteiger partial charge in [0.05, 0.1) is 17.6 Å². The quantitative estimate of drug-likeness (QED) is 0.721. The number of nitrogens with zero attached hydrogens (tertiary/aromatic N) is 2. The highest BCUT2D eigenvalue weighted by molar-refractivity contribution is 7.89. The fraction of sp³-hybridized carbons (Fsp3) is 0.696. The van der Waals surface area contributed by atoms with Crippen molar-refractivity contribution in [2.24, 2.45) is 11.8 Å². The van der Waals surface area contributed by atoms with Gasteiger partial charge in [0.2, 0.25) is 10.0 Å². The SMILES string of the molecule is COc1ccc(S(=O)(=O)N2CCCCCC2)cc1C(=O)N1CC[C@@H]2CCCC[C@H]2C1. The fourth-order valence-corrected chi connectivity index (χ4v) is 6.95. The lowest BCUT2D eigenvalue weighted by Gasteiger charge is -2.41. The first-order valence-electron chi connectivity index (χ1n) is 11.5. The van der Waals surface area contributed by atoms with Crippen LogP contribution in [-0.4, -0.2) is 56.8 Å². The Morgan fingerprint density at radius 1 is 0.933 bits per heavy atom. The Kier molecular flexibility index (Phi) is 6.68. The van der Waals surface area contributed by atoms with Gasteiger partial charge in [0.15, 0.2) is 0 Å². The van der Waals surface area contributed by atoms with Gasteiger partial charge in [0, 0.05) is 26.2 Å². The Balaban J connectivity index is 1.58. The topological polar surface area (TPSA) is 66.9 Å². The first kappa shape index (κ1) is 21.6. The van der Waals surface area contributed by atoms with Gasteiger partial charge in [-0.3, -0.25) is 4.79 Å². The molecule has 1 aromatic carbocycles. The summed E-state index contributed by atoms with van der Waals surface area (Å²) in [5, 5.41) is 0.